The van der Waals surface area contributed by atoms with Gasteiger partial charge >= 0.3 is 0 Å². The Kier molecular flexibility index (Phi) is 4.99. The van der Waals surface area contributed by atoms with Gasteiger partial charge in [0.2, 0.25) is 0 Å². The number of benzene rings is 1. The Morgan fingerprint density at radius 1 is 1.39 bits per heavy atom. The van der Waals surface area contributed by atoms with Crippen LogP contribution in [0.25, 0.3) is 0 Å². The molecule has 1 fully saturated rings. The highest BCUT2D eigenvalue weighted by atomic mass is 16.5. The zero-order valence-corrected chi connectivity index (χ0v) is 11.0. The van der Waals surface area contributed by atoms with Gasteiger partial charge < -0.3 is 15.2 Å². The Morgan fingerprint density at radius 3 is 2.89 bits per heavy atom. The van der Waals surface area contributed by atoms with Gasteiger partial charge in [0.15, 0.2) is 0 Å². The molecule has 4 heteroatoms. The van der Waals surface area contributed by atoms with Crippen molar-refractivity contribution < 1.29 is 9.47 Å². The monoisotopic (exact) mass is 250 g/mol. The number of nitrogens with two attached hydrogens (primary N) is 1. The molecule has 0 spiro atoms. The first-order valence-electron chi connectivity index (χ1n) is 6.54. The Labute approximate surface area is 109 Å². The second kappa shape index (κ2) is 6.73. The van der Waals surface area contributed by atoms with Crippen molar-refractivity contribution in [2.24, 2.45) is 0 Å². The molecule has 0 bridgehead atoms. The Balaban J connectivity index is 1.70. The maximum absolute atomic E-state index is 5.70. The average molecular weight is 250 g/mol. The maximum Gasteiger partial charge on any atom is 0.0935 e. The number of anilines is 1. The van der Waals surface area contributed by atoms with Crippen LogP contribution in [-0.4, -0.2) is 43.9 Å². The van der Waals surface area contributed by atoms with Gasteiger partial charge in [-0.3, -0.25) is 4.90 Å². The molecule has 1 atom stereocenters. The van der Waals surface area contributed by atoms with Crippen molar-refractivity contribution in [1.29, 1.82) is 0 Å². The van der Waals surface area contributed by atoms with Crippen LogP contribution in [0.1, 0.15) is 12.5 Å². The maximum atomic E-state index is 5.70. The number of ether oxygens (including phenoxy) is 2. The third-order valence-corrected chi connectivity index (χ3v) is 3.22. The minimum Gasteiger partial charge on any atom is -0.399 e. The molecule has 100 valence electrons. The van der Waals surface area contributed by atoms with Crippen LogP contribution in [0.3, 0.4) is 0 Å². The van der Waals surface area contributed by atoms with Gasteiger partial charge in [-0.15, -0.1) is 0 Å². The highest BCUT2D eigenvalue weighted by molar-refractivity contribution is 5.39. The molecule has 0 amide bonds. The molecular weight excluding hydrogens is 228 g/mol. The number of nitrogens with zero attached hydrogens (tertiary/aromatic N) is 1. The summed E-state index contributed by atoms with van der Waals surface area (Å²) in [6, 6.07) is 7.79. The van der Waals surface area contributed by atoms with Crippen LogP contribution in [0, 0.1) is 0 Å². The molecule has 1 aliphatic heterocycles. The van der Waals surface area contributed by atoms with E-state index in [4.69, 9.17) is 15.2 Å². The van der Waals surface area contributed by atoms with E-state index >= 15 is 0 Å². The van der Waals surface area contributed by atoms with E-state index in [-0.39, 0.29) is 6.10 Å². The number of nitrogen functional groups attached to an aromatic ring is 1. The number of hydrogen-bond acceptors (Lipinski definition) is 4. The molecular formula is C14H22N2O2. The molecule has 0 radical (unpaired) electrons. The SMILES string of the molecule is CCN1CCOC(COCc2ccc(N)cc2)C1. The van der Waals surface area contributed by atoms with E-state index in [0.29, 0.717) is 13.2 Å². The molecule has 2 rings (SSSR count). The zero-order chi connectivity index (χ0) is 12.8. The lowest BCUT2D eigenvalue weighted by atomic mass is 10.2. The van der Waals surface area contributed by atoms with Gasteiger partial charge in [-0.1, -0.05) is 19.1 Å². The molecule has 1 aliphatic rings. The predicted molar refractivity (Wildman–Crippen MR) is 72.4 cm³/mol. The Hall–Kier alpha value is -1.10. The van der Waals surface area contributed by atoms with Gasteiger partial charge in [-0.25, -0.2) is 0 Å². The van der Waals surface area contributed by atoms with Crippen LogP contribution in [0.5, 0.6) is 0 Å². The lowest BCUT2D eigenvalue weighted by Gasteiger charge is -2.31. The fourth-order valence-electron chi connectivity index (χ4n) is 2.09. The van der Waals surface area contributed by atoms with Crippen LogP contribution in [0.2, 0.25) is 0 Å². The molecule has 1 aromatic rings. The molecule has 1 unspecified atom stereocenters. The van der Waals surface area contributed by atoms with E-state index in [0.717, 1.165) is 37.5 Å². The first kappa shape index (κ1) is 13.3. The molecule has 1 aromatic carbocycles. The van der Waals surface area contributed by atoms with E-state index in [1.54, 1.807) is 0 Å². The molecule has 1 heterocycles. The van der Waals surface area contributed by atoms with Gasteiger partial charge in [-0.2, -0.15) is 0 Å². The fourth-order valence-corrected chi connectivity index (χ4v) is 2.09. The Morgan fingerprint density at radius 2 is 2.17 bits per heavy atom. The van der Waals surface area contributed by atoms with Gasteiger partial charge in [0.1, 0.15) is 0 Å². The summed E-state index contributed by atoms with van der Waals surface area (Å²) in [5.41, 5.74) is 7.57. The van der Waals surface area contributed by atoms with Crippen molar-refractivity contribution in [3.05, 3.63) is 29.8 Å². The normalized spacial score (nSPS) is 21.1. The van der Waals surface area contributed by atoms with Gasteiger partial charge in [0.25, 0.3) is 0 Å². The lowest BCUT2D eigenvalue weighted by molar-refractivity contribution is -0.0709. The van der Waals surface area contributed by atoms with E-state index in [1.165, 1.54) is 0 Å². The van der Waals surface area contributed by atoms with Crippen LogP contribution >= 0.6 is 0 Å². The average Bonchev–Trinajstić information content (AvgIpc) is 2.41. The first-order chi connectivity index (χ1) is 8.78. The lowest BCUT2D eigenvalue weighted by Crippen LogP contribution is -2.44. The zero-order valence-electron chi connectivity index (χ0n) is 11.0. The molecule has 0 aromatic heterocycles. The summed E-state index contributed by atoms with van der Waals surface area (Å²) in [6.07, 6.45) is 0.201. The van der Waals surface area contributed by atoms with Crippen LogP contribution in [0.15, 0.2) is 24.3 Å². The number of hydrogen-bond donors (Lipinski definition) is 1. The summed E-state index contributed by atoms with van der Waals surface area (Å²) in [5, 5.41) is 0. The standard InChI is InChI=1S/C14H22N2O2/c1-2-16-7-8-18-14(9-16)11-17-10-12-3-5-13(15)6-4-12/h3-6,14H,2,7-11,15H2,1H3. The fraction of sp³-hybridized carbons (Fsp3) is 0.571. The van der Waals surface area contributed by atoms with E-state index in [2.05, 4.69) is 11.8 Å². The van der Waals surface area contributed by atoms with Crippen LogP contribution < -0.4 is 5.73 Å². The molecule has 2 N–H and O–H groups in total. The quantitative estimate of drug-likeness (QED) is 0.805. The number of rotatable bonds is 5. The van der Waals surface area contributed by atoms with E-state index in [1.807, 2.05) is 24.3 Å². The minimum absolute atomic E-state index is 0.201. The van der Waals surface area contributed by atoms with Gasteiger partial charge in [-0.05, 0) is 24.2 Å². The number of morpholine rings is 1. The summed E-state index contributed by atoms with van der Waals surface area (Å²) < 4.78 is 11.4. The summed E-state index contributed by atoms with van der Waals surface area (Å²) in [5.74, 6) is 0. The van der Waals surface area contributed by atoms with Crippen LogP contribution in [0.4, 0.5) is 5.69 Å². The summed E-state index contributed by atoms with van der Waals surface area (Å²) in [7, 11) is 0. The third-order valence-electron chi connectivity index (χ3n) is 3.22. The molecule has 18 heavy (non-hydrogen) atoms. The first-order valence-corrected chi connectivity index (χ1v) is 6.54. The topological polar surface area (TPSA) is 47.7 Å². The summed E-state index contributed by atoms with van der Waals surface area (Å²) >= 11 is 0. The predicted octanol–water partition coefficient (Wildman–Crippen LogP) is 1.51. The minimum atomic E-state index is 0.201. The third kappa shape index (κ3) is 3.98. The highest BCUT2D eigenvalue weighted by Gasteiger charge is 2.19. The van der Waals surface area contributed by atoms with Crippen molar-refractivity contribution >= 4 is 5.69 Å². The van der Waals surface area contributed by atoms with Crippen molar-refractivity contribution in [2.45, 2.75) is 19.6 Å². The summed E-state index contributed by atoms with van der Waals surface area (Å²) in [4.78, 5) is 2.39. The van der Waals surface area contributed by atoms with E-state index < -0.39 is 0 Å². The summed E-state index contributed by atoms with van der Waals surface area (Å²) in [6.45, 7) is 7.34. The van der Waals surface area contributed by atoms with Gasteiger partial charge in [0, 0.05) is 18.8 Å². The Bertz CT molecular complexity index is 353. The van der Waals surface area contributed by atoms with E-state index in [9.17, 15) is 0 Å². The molecule has 0 saturated carbocycles. The van der Waals surface area contributed by atoms with Crippen molar-refractivity contribution in [1.82, 2.24) is 4.90 Å². The second-order valence-corrected chi connectivity index (χ2v) is 4.64. The van der Waals surface area contributed by atoms with Crippen molar-refractivity contribution in [3.63, 3.8) is 0 Å². The smallest absolute Gasteiger partial charge is 0.0935 e. The van der Waals surface area contributed by atoms with Gasteiger partial charge in [0.05, 0.1) is 25.9 Å². The molecule has 4 nitrogen and oxygen atoms in total. The molecule has 0 aliphatic carbocycles. The van der Waals surface area contributed by atoms with Crippen LogP contribution in [-0.2, 0) is 16.1 Å². The van der Waals surface area contributed by atoms with Crippen molar-refractivity contribution in [3.8, 4) is 0 Å². The second-order valence-electron chi connectivity index (χ2n) is 4.64. The highest BCUT2D eigenvalue weighted by Crippen LogP contribution is 2.09. The molecule has 1 saturated heterocycles. The largest absolute Gasteiger partial charge is 0.399 e. The van der Waals surface area contributed by atoms with Crippen molar-refractivity contribution in [2.75, 3.05) is 38.6 Å². The number of likely N-dealkylation sites (N-methyl/N-ethyl adjacent to an activating group) is 1.